The fourth-order valence-corrected chi connectivity index (χ4v) is 4.04. The van der Waals surface area contributed by atoms with Gasteiger partial charge in [-0.3, -0.25) is 9.78 Å². The molecule has 2 unspecified atom stereocenters. The standard InChI is InChI=1S/C25H26F2N4O2/c1-14(2)24-29-11-16(12-30-24)25(32)31-23-19(20-10-17(26)4-5-21(20)27)6-8-28-22(23)18-7-9-33-13-15(18)3/h4-6,8,10-12,14-15,18H,7,9,13H2,1-3H3,(H,31,32). The Kier molecular flexibility index (Phi) is 6.74. The zero-order valence-corrected chi connectivity index (χ0v) is 18.8. The molecule has 1 N–H and O–H groups in total. The summed E-state index contributed by atoms with van der Waals surface area (Å²) in [5.41, 5.74) is 1.67. The summed E-state index contributed by atoms with van der Waals surface area (Å²) in [6, 6.07) is 4.84. The van der Waals surface area contributed by atoms with E-state index >= 15 is 0 Å². The van der Waals surface area contributed by atoms with Gasteiger partial charge >= 0.3 is 0 Å². The number of amides is 1. The second kappa shape index (κ2) is 9.70. The number of ether oxygens (including phenoxy) is 1. The van der Waals surface area contributed by atoms with Crippen molar-refractivity contribution in [2.75, 3.05) is 18.5 Å². The minimum absolute atomic E-state index is 0.00909. The number of rotatable bonds is 5. The first-order chi connectivity index (χ1) is 15.8. The molecular weight excluding hydrogens is 426 g/mol. The van der Waals surface area contributed by atoms with Crippen molar-refractivity contribution in [1.82, 2.24) is 15.0 Å². The van der Waals surface area contributed by atoms with Crippen LogP contribution in [0.2, 0.25) is 0 Å². The van der Waals surface area contributed by atoms with Gasteiger partial charge in [-0.05, 0) is 36.6 Å². The fourth-order valence-electron chi connectivity index (χ4n) is 4.04. The summed E-state index contributed by atoms with van der Waals surface area (Å²) in [5, 5.41) is 2.90. The van der Waals surface area contributed by atoms with Crippen molar-refractivity contribution in [3.63, 3.8) is 0 Å². The quantitative estimate of drug-likeness (QED) is 0.566. The lowest BCUT2D eigenvalue weighted by Crippen LogP contribution is -2.26. The van der Waals surface area contributed by atoms with E-state index in [1.165, 1.54) is 12.4 Å². The fraction of sp³-hybridized carbons (Fsp3) is 0.360. The first kappa shape index (κ1) is 22.9. The predicted octanol–water partition coefficient (Wildman–Crippen LogP) is 5.33. The molecule has 1 saturated heterocycles. The Morgan fingerprint density at radius 1 is 1.12 bits per heavy atom. The van der Waals surface area contributed by atoms with Crippen molar-refractivity contribution in [1.29, 1.82) is 0 Å². The van der Waals surface area contributed by atoms with Crippen LogP contribution < -0.4 is 5.32 Å². The summed E-state index contributed by atoms with van der Waals surface area (Å²) < 4.78 is 34.3. The van der Waals surface area contributed by atoms with Gasteiger partial charge in [0, 0.05) is 54.8 Å². The van der Waals surface area contributed by atoms with E-state index in [2.05, 4.69) is 20.3 Å². The average Bonchev–Trinajstić information content (AvgIpc) is 2.81. The van der Waals surface area contributed by atoms with E-state index in [0.717, 1.165) is 18.2 Å². The molecule has 0 spiro atoms. The number of benzene rings is 1. The van der Waals surface area contributed by atoms with Crippen molar-refractivity contribution in [2.45, 2.75) is 39.0 Å². The second-order valence-electron chi connectivity index (χ2n) is 8.63. The van der Waals surface area contributed by atoms with Crippen LogP contribution in [0, 0.1) is 17.6 Å². The largest absolute Gasteiger partial charge is 0.381 e. The van der Waals surface area contributed by atoms with Gasteiger partial charge < -0.3 is 10.1 Å². The summed E-state index contributed by atoms with van der Waals surface area (Å²) in [4.78, 5) is 26.2. The summed E-state index contributed by atoms with van der Waals surface area (Å²) in [7, 11) is 0. The van der Waals surface area contributed by atoms with Gasteiger partial charge in [0.1, 0.15) is 17.5 Å². The summed E-state index contributed by atoms with van der Waals surface area (Å²) in [6.07, 6.45) is 5.20. The molecular formula is C25H26F2N4O2. The third-order valence-corrected chi connectivity index (χ3v) is 5.88. The Morgan fingerprint density at radius 2 is 1.88 bits per heavy atom. The van der Waals surface area contributed by atoms with Gasteiger partial charge in [-0.15, -0.1) is 0 Å². The highest BCUT2D eigenvalue weighted by Gasteiger charge is 2.29. The van der Waals surface area contributed by atoms with E-state index in [-0.39, 0.29) is 28.9 Å². The van der Waals surface area contributed by atoms with E-state index < -0.39 is 17.5 Å². The molecule has 4 rings (SSSR count). The molecule has 1 aromatic carbocycles. The molecule has 8 heteroatoms. The van der Waals surface area contributed by atoms with Crippen molar-refractivity contribution >= 4 is 11.6 Å². The Balaban J connectivity index is 1.79. The molecule has 3 heterocycles. The molecule has 2 atom stereocenters. The van der Waals surface area contributed by atoms with E-state index in [1.807, 2.05) is 20.8 Å². The molecule has 2 aromatic heterocycles. The van der Waals surface area contributed by atoms with Crippen molar-refractivity contribution in [3.05, 3.63) is 71.6 Å². The summed E-state index contributed by atoms with van der Waals surface area (Å²) >= 11 is 0. The normalized spacial score (nSPS) is 18.4. The van der Waals surface area contributed by atoms with Crippen LogP contribution in [-0.2, 0) is 4.74 Å². The number of halogens is 2. The van der Waals surface area contributed by atoms with Gasteiger partial charge in [-0.25, -0.2) is 18.7 Å². The third kappa shape index (κ3) is 4.90. The molecule has 172 valence electrons. The number of anilines is 1. The first-order valence-corrected chi connectivity index (χ1v) is 11.0. The van der Waals surface area contributed by atoms with Gasteiger partial charge in [0.05, 0.1) is 16.9 Å². The number of aromatic nitrogens is 3. The SMILES string of the molecule is CC(C)c1ncc(C(=O)Nc2c(-c3cc(F)ccc3F)ccnc2C2CCOCC2C)cn1. The third-order valence-electron chi connectivity index (χ3n) is 5.88. The number of hydrogen-bond acceptors (Lipinski definition) is 5. The van der Waals surface area contributed by atoms with E-state index in [9.17, 15) is 13.6 Å². The topological polar surface area (TPSA) is 77.0 Å². The Labute approximate surface area is 191 Å². The van der Waals surface area contributed by atoms with E-state index in [0.29, 0.717) is 42.4 Å². The lowest BCUT2D eigenvalue weighted by molar-refractivity contribution is 0.0465. The van der Waals surface area contributed by atoms with Crippen LogP contribution in [-0.4, -0.2) is 34.1 Å². The Bertz CT molecular complexity index is 1150. The monoisotopic (exact) mass is 452 g/mol. The summed E-state index contributed by atoms with van der Waals surface area (Å²) in [6.45, 7) is 7.10. The van der Waals surface area contributed by atoms with Crippen LogP contribution in [0.4, 0.5) is 14.5 Å². The lowest BCUT2D eigenvalue weighted by Gasteiger charge is -2.30. The van der Waals surface area contributed by atoms with E-state index in [4.69, 9.17) is 4.74 Å². The van der Waals surface area contributed by atoms with Crippen LogP contribution in [0.25, 0.3) is 11.1 Å². The predicted molar refractivity (Wildman–Crippen MR) is 121 cm³/mol. The molecule has 0 aliphatic carbocycles. The number of hydrogen-bond donors (Lipinski definition) is 1. The minimum Gasteiger partial charge on any atom is -0.381 e. The molecule has 0 bridgehead atoms. The molecule has 1 aliphatic heterocycles. The number of pyridine rings is 1. The lowest BCUT2D eigenvalue weighted by atomic mass is 9.84. The number of nitrogens with one attached hydrogen (secondary N) is 1. The van der Waals surface area contributed by atoms with Gasteiger partial charge in [0.15, 0.2) is 0 Å². The van der Waals surface area contributed by atoms with Crippen molar-refractivity contribution in [2.24, 2.45) is 5.92 Å². The molecule has 0 radical (unpaired) electrons. The van der Waals surface area contributed by atoms with Gasteiger partial charge in [-0.2, -0.15) is 0 Å². The highest BCUT2D eigenvalue weighted by molar-refractivity contribution is 6.06. The van der Waals surface area contributed by atoms with Crippen LogP contribution in [0.15, 0.2) is 42.9 Å². The molecule has 6 nitrogen and oxygen atoms in total. The molecule has 1 fully saturated rings. The zero-order chi connectivity index (χ0) is 23.5. The summed E-state index contributed by atoms with van der Waals surface area (Å²) in [5.74, 6) is -0.713. The highest BCUT2D eigenvalue weighted by atomic mass is 19.1. The van der Waals surface area contributed by atoms with Crippen LogP contribution in [0.3, 0.4) is 0 Å². The van der Waals surface area contributed by atoms with Crippen molar-refractivity contribution in [3.8, 4) is 11.1 Å². The molecule has 33 heavy (non-hydrogen) atoms. The van der Waals surface area contributed by atoms with Crippen molar-refractivity contribution < 1.29 is 18.3 Å². The smallest absolute Gasteiger partial charge is 0.258 e. The Hall–Kier alpha value is -3.26. The van der Waals surface area contributed by atoms with Crippen LogP contribution in [0.1, 0.15) is 60.9 Å². The zero-order valence-electron chi connectivity index (χ0n) is 18.8. The average molecular weight is 453 g/mol. The molecule has 3 aromatic rings. The van der Waals surface area contributed by atoms with Gasteiger partial charge in [-0.1, -0.05) is 20.8 Å². The number of carbonyl (C=O) groups excluding carboxylic acids is 1. The van der Waals surface area contributed by atoms with Gasteiger partial charge in [0.2, 0.25) is 0 Å². The first-order valence-electron chi connectivity index (χ1n) is 11.0. The maximum atomic E-state index is 14.7. The number of nitrogens with zero attached hydrogens (tertiary/aromatic N) is 3. The highest BCUT2D eigenvalue weighted by Crippen LogP contribution is 2.40. The van der Waals surface area contributed by atoms with Crippen LogP contribution >= 0.6 is 0 Å². The molecule has 0 saturated carbocycles. The maximum absolute atomic E-state index is 14.7. The number of carbonyl (C=O) groups is 1. The van der Waals surface area contributed by atoms with Gasteiger partial charge in [0.25, 0.3) is 5.91 Å². The Morgan fingerprint density at radius 3 is 2.58 bits per heavy atom. The molecule has 1 aliphatic rings. The minimum atomic E-state index is -0.589. The second-order valence-corrected chi connectivity index (χ2v) is 8.63. The van der Waals surface area contributed by atoms with E-state index in [1.54, 1.807) is 12.3 Å². The maximum Gasteiger partial charge on any atom is 0.258 e. The van der Waals surface area contributed by atoms with Crippen LogP contribution in [0.5, 0.6) is 0 Å². The molecule has 1 amide bonds.